The first kappa shape index (κ1) is 19.8. The van der Waals surface area contributed by atoms with E-state index in [4.69, 9.17) is 23.2 Å². The van der Waals surface area contributed by atoms with Gasteiger partial charge in [-0.05, 0) is 37.0 Å². The molecule has 128 valence electrons. The Labute approximate surface area is 148 Å². The topological polar surface area (TPSA) is 49.4 Å². The highest BCUT2D eigenvalue weighted by molar-refractivity contribution is 6.35. The van der Waals surface area contributed by atoms with Crippen molar-refractivity contribution in [2.24, 2.45) is 0 Å². The second kappa shape index (κ2) is 10.5. The van der Waals surface area contributed by atoms with Gasteiger partial charge in [0.25, 0.3) is 0 Å². The lowest BCUT2D eigenvalue weighted by Gasteiger charge is -2.21. The predicted molar refractivity (Wildman–Crippen MR) is 95.0 cm³/mol. The lowest BCUT2D eigenvalue weighted by atomic mass is 10.1. The van der Waals surface area contributed by atoms with E-state index in [2.05, 4.69) is 5.32 Å². The van der Waals surface area contributed by atoms with Crippen LogP contribution in [0.1, 0.15) is 38.7 Å². The molecule has 0 saturated carbocycles. The quantitative estimate of drug-likeness (QED) is 0.684. The minimum absolute atomic E-state index is 0.103. The number of nitrogens with one attached hydrogen (secondary N) is 1. The van der Waals surface area contributed by atoms with Gasteiger partial charge < -0.3 is 10.2 Å². The molecule has 1 aromatic rings. The van der Waals surface area contributed by atoms with Crippen LogP contribution in [-0.2, 0) is 16.0 Å². The summed E-state index contributed by atoms with van der Waals surface area (Å²) < 4.78 is 0. The van der Waals surface area contributed by atoms with E-state index in [1.807, 2.05) is 19.9 Å². The highest BCUT2D eigenvalue weighted by Crippen LogP contribution is 2.21. The molecule has 0 heterocycles. The van der Waals surface area contributed by atoms with Gasteiger partial charge in [-0.1, -0.05) is 43.1 Å². The first-order chi connectivity index (χ1) is 11.0. The number of halogens is 2. The fourth-order valence-corrected chi connectivity index (χ4v) is 2.78. The SMILES string of the molecule is CCCN(CCC)C(=O)CC(=O)NCCc1ccc(Cl)cc1Cl. The van der Waals surface area contributed by atoms with E-state index in [0.29, 0.717) is 36.1 Å². The van der Waals surface area contributed by atoms with Crippen molar-refractivity contribution in [2.75, 3.05) is 19.6 Å². The van der Waals surface area contributed by atoms with Crippen molar-refractivity contribution in [3.05, 3.63) is 33.8 Å². The number of hydrogen-bond donors (Lipinski definition) is 1. The Kier molecular flexibility index (Phi) is 9.03. The standard InChI is InChI=1S/C17H24Cl2N2O2/c1-3-9-21(10-4-2)17(23)12-16(22)20-8-7-13-5-6-14(18)11-15(13)19/h5-6,11H,3-4,7-10,12H2,1-2H3,(H,20,22). The third-order valence-electron chi connectivity index (χ3n) is 3.38. The zero-order chi connectivity index (χ0) is 17.2. The van der Waals surface area contributed by atoms with Gasteiger partial charge >= 0.3 is 0 Å². The van der Waals surface area contributed by atoms with E-state index in [-0.39, 0.29) is 18.2 Å². The predicted octanol–water partition coefficient (Wildman–Crippen LogP) is 3.69. The first-order valence-electron chi connectivity index (χ1n) is 7.96. The Morgan fingerprint density at radius 3 is 2.35 bits per heavy atom. The van der Waals surface area contributed by atoms with E-state index in [0.717, 1.165) is 18.4 Å². The molecule has 0 bridgehead atoms. The van der Waals surface area contributed by atoms with Crippen molar-refractivity contribution >= 4 is 35.0 Å². The maximum atomic E-state index is 12.1. The Hall–Kier alpha value is -1.26. The second-order valence-electron chi connectivity index (χ2n) is 5.39. The van der Waals surface area contributed by atoms with E-state index in [1.54, 1.807) is 17.0 Å². The van der Waals surface area contributed by atoms with Crippen molar-refractivity contribution in [2.45, 2.75) is 39.5 Å². The summed E-state index contributed by atoms with van der Waals surface area (Å²) in [7, 11) is 0. The highest BCUT2D eigenvalue weighted by atomic mass is 35.5. The van der Waals surface area contributed by atoms with Gasteiger partial charge in [0.05, 0.1) is 0 Å². The zero-order valence-electron chi connectivity index (χ0n) is 13.7. The molecular weight excluding hydrogens is 335 g/mol. The Morgan fingerprint density at radius 2 is 1.78 bits per heavy atom. The van der Waals surface area contributed by atoms with Crippen molar-refractivity contribution in [1.29, 1.82) is 0 Å². The van der Waals surface area contributed by atoms with Crippen molar-refractivity contribution in [1.82, 2.24) is 10.2 Å². The Bertz CT molecular complexity index is 529. The van der Waals surface area contributed by atoms with Gasteiger partial charge in [-0.3, -0.25) is 9.59 Å². The molecule has 1 N–H and O–H groups in total. The molecule has 1 aromatic carbocycles. The largest absolute Gasteiger partial charge is 0.355 e. The summed E-state index contributed by atoms with van der Waals surface area (Å²) in [5.41, 5.74) is 0.918. The molecule has 2 amide bonds. The normalized spacial score (nSPS) is 10.4. The van der Waals surface area contributed by atoms with Crippen LogP contribution in [0.25, 0.3) is 0 Å². The summed E-state index contributed by atoms with van der Waals surface area (Å²) in [6, 6.07) is 5.28. The maximum absolute atomic E-state index is 12.1. The molecule has 6 heteroatoms. The van der Waals surface area contributed by atoms with Crippen LogP contribution in [0.2, 0.25) is 10.0 Å². The van der Waals surface area contributed by atoms with E-state index >= 15 is 0 Å². The van der Waals surface area contributed by atoms with Crippen LogP contribution in [0.5, 0.6) is 0 Å². The van der Waals surface area contributed by atoms with Crippen LogP contribution < -0.4 is 5.32 Å². The Morgan fingerprint density at radius 1 is 1.13 bits per heavy atom. The van der Waals surface area contributed by atoms with Crippen LogP contribution >= 0.6 is 23.2 Å². The molecule has 0 aromatic heterocycles. The summed E-state index contributed by atoms with van der Waals surface area (Å²) in [6.45, 7) is 5.87. The average molecular weight is 359 g/mol. The third kappa shape index (κ3) is 7.23. The number of carbonyl (C=O) groups excluding carboxylic acids is 2. The summed E-state index contributed by atoms with van der Waals surface area (Å²) >= 11 is 11.9. The van der Waals surface area contributed by atoms with Gasteiger partial charge in [0, 0.05) is 29.7 Å². The van der Waals surface area contributed by atoms with E-state index < -0.39 is 0 Å². The first-order valence-corrected chi connectivity index (χ1v) is 8.71. The van der Waals surface area contributed by atoms with Gasteiger partial charge in [0.1, 0.15) is 6.42 Å². The molecule has 0 radical (unpaired) electrons. The number of carbonyl (C=O) groups is 2. The molecule has 0 spiro atoms. The molecule has 0 aliphatic heterocycles. The van der Waals surface area contributed by atoms with Crippen LogP contribution in [0.3, 0.4) is 0 Å². The molecule has 0 saturated heterocycles. The summed E-state index contributed by atoms with van der Waals surface area (Å²) in [5, 5.41) is 3.93. The van der Waals surface area contributed by atoms with E-state index in [9.17, 15) is 9.59 Å². The van der Waals surface area contributed by atoms with Gasteiger partial charge in [-0.25, -0.2) is 0 Å². The van der Waals surface area contributed by atoms with Crippen LogP contribution in [0.15, 0.2) is 18.2 Å². The molecule has 1 rings (SSSR count). The molecule has 0 aliphatic carbocycles. The summed E-state index contributed by atoms with van der Waals surface area (Å²) in [4.78, 5) is 25.7. The van der Waals surface area contributed by atoms with Crippen molar-refractivity contribution < 1.29 is 9.59 Å². The highest BCUT2D eigenvalue weighted by Gasteiger charge is 2.15. The van der Waals surface area contributed by atoms with Crippen LogP contribution in [0, 0.1) is 0 Å². The number of benzene rings is 1. The number of hydrogen-bond acceptors (Lipinski definition) is 2. The lowest BCUT2D eigenvalue weighted by Crippen LogP contribution is -2.37. The molecule has 4 nitrogen and oxygen atoms in total. The molecule has 0 unspecified atom stereocenters. The fourth-order valence-electron chi connectivity index (χ4n) is 2.27. The monoisotopic (exact) mass is 358 g/mol. The smallest absolute Gasteiger partial charge is 0.232 e. The van der Waals surface area contributed by atoms with Gasteiger partial charge in [-0.15, -0.1) is 0 Å². The molecule has 0 atom stereocenters. The fraction of sp³-hybridized carbons (Fsp3) is 0.529. The maximum Gasteiger partial charge on any atom is 0.232 e. The minimum Gasteiger partial charge on any atom is -0.355 e. The molecule has 0 aliphatic rings. The van der Waals surface area contributed by atoms with Gasteiger partial charge in [0.15, 0.2) is 0 Å². The molecular formula is C17H24Cl2N2O2. The summed E-state index contributed by atoms with van der Waals surface area (Å²) in [6.07, 6.45) is 2.28. The van der Waals surface area contributed by atoms with Crippen molar-refractivity contribution in [3.63, 3.8) is 0 Å². The lowest BCUT2D eigenvalue weighted by molar-refractivity contribution is -0.136. The third-order valence-corrected chi connectivity index (χ3v) is 3.97. The average Bonchev–Trinajstić information content (AvgIpc) is 2.49. The van der Waals surface area contributed by atoms with Crippen molar-refractivity contribution in [3.8, 4) is 0 Å². The van der Waals surface area contributed by atoms with Gasteiger partial charge in [0.2, 0.25) is 11.8 Å². The van der Waals surface area contributed by atoms with Gasteiger partial charge in [-0.2, -0.15) is 0 Å². The summed E-state index contributed by atoms with van der Waals surface area (Å²) in [5.74, 6) is -0.368. The number of amides is 2. The minimum atomic E-state index is -0.253. The van der Waals surface area contributed by atoms with Crippen LogP contribution in [-0.4, -0.2) is 36.3 Å². The zero-order valence-corrected chi connectivity index (χ0v) is 15.2. The van der Waals surface area contributed by atoms with E-state index in [1.165, 1.54) is 0 Å². The number of nitrogens with zero attached hydrogens (tertiary/aromatic N) is 1. The second-order valence-corrected chi connectivity index (χ2v) is 6.24. The molecule has 0 fully saturated rings. The Balaban J connectivity index is 2.40. The molecule has 23 heavy (non-hydrogen) atoms. The number of rotatable bonds is 9. The van der Waals surface area contributed by atoms with Crippen LogP contribution in [0.4, 0.5) is 0 Å².